The smallest absolute Gasteiger partial charge is 0.0476 e. The molecule has 0 saturated heterocycles. The molecule has 0 saturated carbocycles. The number of halogens is 2. The number of hydrogen-bond acceptors (Lipinski definition) is 1. The molecule has 70 valence electrons. The molecular weight excluding hydrogens is 205 g/mol. The Bertz CT molecular complexity index is 336. The van der Waals surface area contributed by atoms with Crippen LogP contribution in [0, 0.1) is 0 Å². The largest absolute Gasteiger partial charge is 0.385 e. The number of rotatable bonds is 0. The Hall–Kier alpha value is -0.400. The van der Waals surface area contributed by atoms with Gasteiger partial charge in [-0.15, -0.1) is 0 Å². The molecule has 1 aliphatic rings. The summed E-state index contributed by atoms with van der Waals surface area (Å²) in [7, 11) is 0. The molecule has 13 heavy (non-hydrogen) atoms. The van der Waals surface area contributed by atoms with E-state index in [4.69, 9.17) is 23.2 Å². The highest BCUT2D eigenvalue weighted by atomic mass is 35.5. The third-order valence-electron chi connectivity index (χ3n) is 2.48. The van der Waals surface area contributed by atoms with Crippen LogP contribution < -0.4 is 5.32 Å². The van der Waals surface area contributed by atoms with Crippen LogP contribution in [0.1, 0.15) is 24.8 Å². The van der Waals surface area contributed by atoms with Gasteiger partial charge in [0.1, 0.15) is 0 Å². The Morgan fingerprint density at radius 2 is 2.15 bits per heavy atom. The predicted octanol–water partition coefficient (Wildman–Crippen LogP) is 3.91. The number of benzene rings is 1. The van der Waals surface area contributed by atoms with E-state index in [2.05, 4.69) is 12.2 Å². The highest BCUT2D eigenvalue weighted by molar-refractivity contribution is 6.35. The van der Waals surface area contributed by atoms with Gasteiger partial charge in [-0.25, -0.2) is 0 Å². The van der Waals surface area contributed by atoms with Crippen LogP contribution in [0.2, 0.25) is 10.0 Å². The van der Waals surface area contributed by atoms with Crippen molar-refractivity contribution < 1.29 is 0 Å². The van der Waals surface area contributed by atoms with Gasteiger partial charge in [-0.05, 0) is 30.0 Å². The van der Waals surface area contributed by atoms with Crippen LogP contribution in [0.3, 0.4) is 0 Å². The van der Waals surface area contributed by atoms with Crippen molar-refractivity contribution in [1.29, 1.82) is 0 Å². The first kappa shape index (κ1) is 9.17. The number of fused-ring (bicyclic) bond motifs is 1. The average Bonchev–Trinajstić information content (AvgIpc) is 2.02. The predicted molar refractivity (Wildman–Crippen MR) is 58.0 cm³/mol. The Morgan fingerprint density at radius 3 is 2.92 bits per heavy atom. The van der Waals surface area contributed by atoms with Crippen molar-refractivity contribution in [2.45, 2.75) is 19.3 Å². The van der Waals surface area contributed by atoms with Crippen LogP contribution in [0.4, 0.5) is 5.69 Å². The monoisotopic (exact) mass is 215 g/mol. The maximum atomic E-state index is 6.12. The lowest BCUT2D eigenvalue weighted by Gasteiger charge is -2.25. The molecule has 1 atom stereocenters. The van der Waals surface area contributed by atoms with E-state index in [1.165, 1.54) is 5.56 Å². The molecule has 0 aromatic heterocycles. The van der Waals surface area contributed by atoms with Crippen molar-refractivity contribution in [2.24, 2.45) is 0 Å². The summed E-state index contributed by atoms with van der Waals surface area (Å²) < 4.78 is 0. The second-order valence-electron chi connectivity index (χ2n) is 3.47. The standard InChI is InChI=1S/C10H11Cl2N/c1-6-2-3-13-9-5-7(11)4-8(12)10(6)9/h4-6,13H,2-3H2,1H3/t6-/m0/s1. The lowest BCUT2D eigenvalue weighted by Crippen LogP contribution is -2.15. The van der Waals surface area contributed by atoms with Gasteiger partial charge in [-0.3, -0.25) is 0 Å². The van der Waals surface area contributed by atoms with Gasteiger partial charge in [0.25, 0.3) is 0 Å². The van der Waals surface area contributed by atoms with E-state index in [0.717, 1.165) is 23.7 Å². The first-order valence-corrected chi connectivity index (χ1v) is 5.17. The molecule has 0 fully saturated rings. The summed E-state index contributed by atoms with van der Waals surface area (Å²) in [4.78, 5) is 0. The molecule has 1 aromatic rings. The minimum Gasteiger partial charge on any atom is -0.385 e. The van der Waals surface area contributed by atoms with Crippen LogP contribution in [0.25, 0.3) is 0 Å². The molecule has 1 N–H and O–H groups in total. The normalized spacial score (nSPS) is 20.7. The molecule has 0 unspecified atom stereocenters. The molecule has 1 nitrogen and oxygen atoms in total. The summed E-state index contributed by atoms with van der Waals surface area (Å²) >= 11 is 12.0. The molecule has 1 aromatic carbocycles. The highest BCUT2D eigenvalue weighted by Crippen LogP contribution is 2.38. The summed E-state index contributed by atoms with van der Waals surface area (Å²) in [6.45, 7) is 3.20. The third-order valence-corrected chi connectivity index (χ3v) is 3.01. The van der Waals surface area contributed by atoms with Gasteiger partial charge in [0.05, 0.1) is 0 Å². The van der Waals surface area contributed by atoms with Gasteiger partial charge in [0, 0.05) is 22.3 Å². The highest BCUT2D eigenvalue weighted by Gasteiger charge is 2.19. The van der Waals surface area contributed by atoms with Crippen LogP contribution in [-0.4, -0.2) is 6.54 Å². The van der Waals surface area contributed by atoms with Gasteiger partial charge in [0.15, 0.2) is 0 Å². The zero-order valence-corrected chi connectivity index (χ0v) is 8.91. The fraction of sp³-hybridized carbons (Fsp3) is 0.400. The van der Waals surface area contributed by atoms with Crippen LogP contribution in [0.5, 0.6) is 0 Å². The summed E-state index contributed by atoms with van der Waals surface area (Å²) in [5.74, 6) is 0.529. The molecule has 0 spiro atoms. The van der Waals surface area contributed by atoms with Crippen LogP contribution >= 0.6 is 23.2 Å². The maximum Gasteiger partial charge on any atom is 0.0476 e. The summed E-state index contributed by atoms with van der Waals surface area (Å²) in [6, 6.07) is 3.75. The molecule has 0 amide bonds. The summed E-state index contributed by atoms with van der Waals surface area (Å²) in [6.07, 6.45) is 1.13. The fourth-order valence-electron chi connectivity index (χ4n) is 1.80. The van der Waals surface area contributed by atoms with E-state index in [0.29, 0.717) is 10.9 Å². The summed E-state index contributed by atoms with van der Waals surface area (Å²) in [5.41, 5.74) is 2.30. The number of anilines is 1. The van der Waals surface area contributed by atoms with Crippen LogP contribution in [-0.2, 0) is 0 Å². The molecule has 1 heterocycles. The van der Waals surface area contributed by atoms with E-state index in [-0.39, 0.29) is 0 Å². The van der Waals surface area contributed by atoms with Gasteiger partial charge in [-0.2, -0.15) is 0 Å². The second-order valence-corrected chi connectivity index (χ2v) is 4.31. The Morgan fingerprint density at radius 1 is 1.38 bits per heavy atom. The number of hydrogen-bond donors (Lipinski definition) is 1. The zero-order valence-electron chi connectivity index (χ0n) is 7.40. The fourth-order valence-corrected chi connectivity index (χ4v) is 2.48. The summed E-state index contributed by atoms with van der Waals surface area (Å²) in [5, 5.41) is 4.78. The second kappa shape index (κ2) is 3.39. The molecule has 0 bridgehead atoms. The Balaban J connectivity index is 2.56. The van der Waals surface area contributed by atoms with Crippen molar-refractivity contribution in [3.05, 3.63) is 27.7 Å². The molecule has 0 radical (unpaired) electrons. The van der Waals surface area contributed by atoms with Gasteiger partial charge >= 0.3 is 0 Å². The van der Waals surface area contributed by atoms with Crippen molar-refractivity contribution in [2.75, 3.05) is 11.9 Å². The van der Waals surface area contributed by atoms with Crippen molar-refractivity contribution in [3.63, 3.8) is 0 Å². The molecular formula is C10H11Cl2N. The minimum absolute atomic E-state index is 0.529. The third kappa shape index (κ3) is 1.63. The van der Waals surface area contributed by atoms with Crippen molar-refractivity contribution >= 4 is 28.9 Å². The van der Waals surface area contributed by atoms with E-state index in [9.17, 15) is 0 Å². The topological polar surface area (TPSA) is 12.0 Å². The van der Waals surface area contributed by atoms with Gasteiger partial charge in [0.2, 0.25) is 0 Å². The lowest BCUT2D eigenvalue weighted by atomic mass is 9.93. The first-order chi connectivity index (χ1) is 6.18. The van der Waals surface area contributed by atoms with Gasteiger partial charge < -0.3 is 5.32 Å². The van der Waals surface area contributed by atoms with Crippen molar-refractivity contribution in [3.8, 4) is 0 Å². The SMILES string of the molecule is C[C@H]1CCNc2cc(Cl)cc(Cl)c21. The first-order valence-electron chi connectivity index (χ1n) is 4.41. The van der Waals surface area contributed by atoms with Crippen molar-refractivity contribution in [1.82, 2.24) is 0 Å². The Kier molecular flexibility index (Phi) is 2.39. The van der Waals surface area contributed by atoms with Gasteiger partial charge in [-0.1, -0.05) is 30.1 Å². The molecule has 2 rings (SSSR count). The lowest BCUT2D eigenvalue weighted by molar-refractivity contribution is 0.684. The molecule has 0 aliphatic carbocycles. The van der Waals surface area contributed by atoms with E-state index < -0.39 is 0 Å². The van der Waals surface area contributed by atoms with E-state index in [1.807, 2.05) is 12.1 Å². The Labute approximate surface area is 88.0 Å². The molecule has 3 heteroatoms. The maximum absolute atomic E-state index is 6.12. The number of nitrogens with one attached hydrogen (secondary N) is 1. The van der Waals surface area contributed by atoms with Crippen LogP contribution in [0.15, 0.2) is 12.1 Å². The van der Waals surface area contributed by atoms with E-state index in [1.54, 1.807) is 0 Å². The zero-order chi connectivity index (χ0) is 9.42. The van der Waals surface area contributed by atoms with E-state index >= 15 is 0 Å². The average molecular weight is 216 g/mol. The minimum atomic E-state index is 0.529. The quantitative estimate of drug-likeness (QED) is 0.693. The molecule has 1 aliphatic heterocycles.